The van der Waals surface area contributed by atoms with Gasteiger partial charge in [-0.2, -0.15) is 0 Å². The molecule has 1 N–H and O–H groups in total. The van der Waals surface area contributed by atoms with Gasteiger partial charge >= 0.3 is 0 Å². The second kappa shape index (κ2) is 4.73. The van der Waals surface area contributed by atoms with Gasteiger partial charge < -0.3 is 5.32 Å². The van der Waals surface area contributed by atoms with Crippen LogP contribution in [0.25, 0.3) is 0 Å². The van der Waals surface area contributed by atoms with E-state index in [4.69, 9.17) is 0 Å². The van der Waals surface area contributed by atoms with E-state index in [2.05, 4.69) is 37.9 Å². The van der Waals surface area contributed by atoms with Crippen LogP contribution in [-0.2, 0) is 0 Å². The summed E-state index contributed by atoms with van der Waals surface area (Å²) in [7, 11) is 0. The highest BCUT2D eigenvalue weighted by Crippen LogP contribution is 2.44. The summed E-state index contributed by atoms with van der Waals surface area (Å²) in [5.41, 5.74) is 0.873. The van der Waals surface area contributed by atoms with Crippen LogP contribution >= 0.6 is 0 Å². The van der Waals surface area contributed by atoms with Gasteiger partial charge in [-0.15, -0.1) is 0 Å². The van der Waals surface area contributed by atoms with Crippen molar-refractivity contribution in [2.24, 2.45) is 17.3 Å². The fourth-order valence-corrected chi connectivity index (χ4v) is 3.73. The van der Waals surface area contributed by atoms with Crippen molar-refractivity contribution < 1.29 is 0 Å². The van der Waals surface area contributed by atoms with Crippen molar-refractivity contribution in [3.8, 4) is 0 Å². The Morgan fingerprint density at radius 2 is 1.84 bits per heavy atom. The van der Waals surface area contributed by atoms with Crippen molar-refractivity contribution in [3.05, 3.63) is 0 Å². The molecule has 3 aliphatic rings. The van der Waals surface area contributed by atoms with Crippen molar-refractivity contribution in [3.63, 3.8) is 0 Å². The smallest absolute Gasteiger partial charge is 0.0309 e. The Hall–Kier alpha value is -0.0800. The SMILES string of the molecule is CC(C)(C)CCN1CC(C)(C2CC2)NCC1C1CC1. The summed E-state index contributed by atoms with van der Waals surface area (Å²) < 4.78 is 0. The van der Waals surface area contributed by atoms with Crippen LogP contribution < -0.4 is 5.32 Å². The van der Waals surface area contributed by atoms with Crippen LogP contribution in [0.2, 0.25) is 0 Å². The van der Waals surface area contributed by atoms with E-state index in [1.54, 1.807) is 0 Å². The third-order valence-electron chi connectivity index (χ3n) is 5.51. The Balaban J connectivity index is 1.64. The standard InChI is InChI=1S/C17H32N2/c1-16(2,3)9-10-19-12-17(4,14-7-8-14)18-11-15(19)13-5-6-13/h13-15,18H,5-12H2,1-4H3. The Labute approximate surface area is 119 Å². The van der Waals surface area contributed by atoms with Gasteiger partial charge in [-0.1, -0.05) is 20.8 Å². The summed E-state index contributed by atoms with van der Waals surface area (Å²) in [4.78, 5) is 2.84. The van der Waals surface area contributed by atoms with Gasteiger partial charge in [0.15, 0.2) is 0 Å². The van der Waals surface area contributed by atoms with Crippen LogP contribution in [0.4, 0.5) is 0 Å². The number of nitrogens with zero attached hydrogens (tertiary/aromatic N) is 1. The van der Waals surface area contributed by atoms with Crippen LogP contribution in [0.15, 0.2) is 0 Å². The lowest BCUT2D eigenvalue weighted by molar-refractivity contribution is 0.0554. The molecule has 2 nitrogen and oxygen atoms in total. The molecule has 19 heavy (non-hydrogen) atoms. The highest BCUT2D eigenvalue weighted by atomic mass is 15.3. The van der Waals surface area contributed by atoms with Crippen molar-refractivity contribution in [1.29, 1.82) is 0 Å². The fraction of sp³-hybridized carbons (Fsp3) is 1.00. The monoisotopic (exact) mass is 264 g/mol. The van der Waals surface area contributed by atoms with Crippen LogP contribution in [-0.4, -0.2) is 36.1 Å². The van der Waals surface area contributed by atoms with Crippen molar-refractivity contribution >= 4 is 0 Å². The van der Waals surface area contributed by atoms with Gasteiger partial charge in [0.2, 0.25) is 0 Å². The Morgan fingerprint density at radius 1 is 1.16 bits per heavy atom. The van der Waals surface area contributed by atoms with Crippen molar-refractivity contribution in [2.45, 2.75) is 71.4 Å². The Kier molecular flexibility index (Phi) is 3.46. The molecule has 0 radical (unpaired) electrons. The van der Waals surface area contributed by atoms with E-state index in [1.807, 2.05) is 0 Å². The molecule has 1 aliphatic heterocycles. The summed E-state index contributed by atoms with van der Waals surface area (Å²) in [6.45, 7) is 13.4. The van der Waals surface area contributed by atoms with Crippen LogP contribution in [0.1, 0.15) is 59.8 Å². The van der Waals surface area contributed by atoms with Gasteiger partial charge in [0.25, 0.3) is 0 Å². The van der Waals surface area contributed by atoms with E-state index in [1.165, 1.54) is 51.7 Å². The molecule has 2 unspecified atom stereocenters. The number of nitrogens with one attached hydrogen (secondary N) is 1. The first kappa shape index (κ1) is 13.9. The molecule has 0 aromatic rings. The molecule has 2 heteroatoms. The average molecular weight is 264 g/mol. The van der Waals surface area contributed by atoms with E-state index >= 15 is 0 Å². The lowest BCUT2D eigenvalue weighted by Gasteiger charge is -2.47. The second-order valence-electron chi connectivity index (χ2n) is 8.76. The highest BCUT2D eigenvalue weighted by molar-refractivity contribution is 5.06. The van der Waals surface area contributed by atoms with Crippen molar-refractivity contribution in [2.75, 3.05) is 19.6 Å². The van der Waals surface area contributed by atoms with Crippen molar-refractivity contribution in [1.82, 2.24) is 10.2 Å². The molecule has 0 bridgehead atoms. The lowest BCUT2D eigenvalue weighted by Crippen LogP contribution is -2.64. The lowest BCUT2D eigenvalue weighted by atomic mass is 9.87. The van der Waals surface area contributed by atoms with Crippen LogP contribution in [0.3, 0.4) is 0 Å². The molecular weight excluding hydrogens is 232 g/mol. The minimum absolute atomic E-state index is 0.406. The third-order valence-corrected chi connectivity index (χ3v) is 5.51. The molecule has 0 amide bonds. The minimum Gasteiger partial charge on any atom is -0.308 e. The fourth-order valence-electron chi connectivity index (χ4n) is 3.73. The molecule has 2 atom stereocenters. The first-order chi connectivity index (χ1) is 8.87. The van der Waals surface area contributed by atoms with E-state index < -0.39 is 0 Å². The molecule has 110 valence electrons. The van der Waals surface area contributed by atoms with E-state index in [0.717, 1.165) is 17.9 Å². The summed E-state index contributed by atoms with van der Waals surface area (Å²) >= 11 is 0. The topological polar surface area (TPSA) is 15.3 Å². The zero-order valence-corrected chi connectivity index (χ0v) is 13.3. The normalized spacial score (nSPS) is 37.6. The van der Waals surface area contributed by atoms with E-state index in [-0.39, 0.29) is 0 Å². The number of piperazine rings is 1. The zero-order valence-electron chi connectivity index (χ0n) is 13.3. The molecule has 1 saturated heterocycles. The first-order valence-electron chi connectivity index (χ1n) is 8.36. The summed E-state index contributed by atoms with van der Waals surface area (Å²) in [5, 5.41) is 3.91. The first-order valence-corrected chi connectivity index (χ1v) is 8.36. The average Bonchev–Trinajstić information content (AvgIpc) is 3.15. The van der Waals surface area contributed by atoms with Gasteiger partial charge in [-0.3, -0.25) is 4.90 Å². The third kappa shape index (κ3) is 3.33. The molecule has 3 rings (SSSR count). The predicted molar refractivity (Wildman–Crippen MR) is 81.3 cm³/mol. The molecule has 1 heterocycles. The molecule has 0 aromatic carbocycles. The largest absolute Gasteiger partial charge is 0.308 e. The maximum absolute atomic E-state index is 3.91. The maximum atomic E-state index is 3.91. The van der Waals surface area contributed by atoms with Gasteiger partial charge in [-0.25, -0.2) is 0 Å². The van der Waals surface area contributed by atoms with Gasteiger partial charge in [-0.05, 0) is 62.8 Å². The zero-order chi connectivity index (χ0) is 13.7. The number of hydrogen-bond donors (Lipinski definition) is 1. The molecule has 2 saturated carbocycles. The highest BCUT2D eigenvalue weighted by Gasteiger charge is 2.48. The number of hydrogen-bond acceptors (Lipinski definition) is 2. The quantitative estimate of drug-likeness (QED) is 0.838. The van der Waals surface area contributed by atoms with Gasteiger partial charge in [0.1, 0.15) is 0 Å². The summed E-state index contributed by atoms with van der Waals surface area (Å²) in [5.74, 6) is 1.95. The van der Waals surface area contributed by atoms with Crippen LogP contribution in [0, 0.1) is 17.3 Å². The Morgan fingerprint density at radius 3 is 2.37 bits per heavy atom. The molecular formula is C17H32N2. The maximum Gasteiger partial charge on any atom is 0.0309 e. The molecule has 3 fully saturated rings. The van der Waals surface area contributed by atoms with Gasteiger partial charge in [0.05, 0.1) is 0 Å². The van der Waals surface area contributed by atoms with Gasteiger partial charge in [0, 0.05) is 24.7 Å². The molecule has 0 aromatic heterocycles. The number of rotatable bonds is 4. The predicted octanol–water partition coefficient (Wildman–Crippen LogP) is 3.28. The second-order valence-corrected chi connectivity index (χ2v) is 8.76. The Bertz CT molecular complexity index is 325. The summed E-state index contributed by atoms with van der Waals surface area (Å²) in [6.07, 6.45) is 7.17. The van der Waals surface area contributed by atoms with E-state index in [9.17, 15) is 0 Å². The van der Waals surface area contributed by atoms with Crippen LogP contribution in [0.5, 0.6) is 0 Å². The molecule has 2 aliphatic carbocycles. The minimum atomic E-state index is 0.406. The summed E-state index contributed by atoms with van der Waals surface area (Å²) in [6, 6.07) is 0.828. The van der Waals surface area contributed by atoms with E-state index in [0.29, 0.717) is 11.0 Å². The molecule has 0 spiro atoms.